The van der Waals surface area contributed by atoms with Gasteiger partial charge in [0.1, 0.15) is 0 Å². The van der Waals surface area contributed by atoms with E-state index in [2.05, 4.69) is 27.1 Å². The minimum absolute atomic E-state index is 0.161. The molecule has 4 nitrogen and oxygen atoms in total. The Morgan fingerprint density at radius 3 is 1.67 bits per heavy atom. The van der Waals surface area contributed by atoms with Crippen molar-refractivity contribution in [1.82, 2.24) is 0 Å². The van der Waals surface area contributed by atoms with Gasteiger partial charge in [-0.05, 0) is 12.2 Å². The van der Waals surface area contributed by atoms with Crippen molar-refractivity contribution >= 4 is 8.80 Å². The lowest BCUT2D eigenvalue weighted by Gasteiger charge is -2.44. The maximum Gasteiger partial charge on any atom is 0.561 e. The quantitative estimate of drug-likeness (QED) is 0.346. The first-order valence-corrected chi connectivity index (χ1v) is 8.01. The Morgan fingerprint density at radius 1 is 1.06 bits per heavy atom. The van der Waals surface area contributed by atoms with E-state index in [1.54, 1.807) is 21.3 Å². The fourth-order valence-corrected chi connectivity index (χ4v) is 5.44. The van der Waals surface area contributed by atoms with Crippen LogP contribution < -0.4 is 0 Å². The lowest BCUT2D eigenvalue weighted by Crippen LogP contribution is -2.68. The highest BCUT2D eigenvalue weighted by Gasteiger charge is 2.56. The predicted octanol–water partition coefficient (Wildman–Crippen LogP) is 2.00. The molecule has 0 radical (unpaired) electrons. The molecule has 0 aliphatic carbocycles. The molecule has 106 valence electrons. The summed E-state index contributed by atoms with van der Waals surface area (Å²) in [5, 5.41) is 0. The second-order valence-corrected chi connectivity index (χ2v) is 7.66. The lowest BCUT2D eigenvalue weighted by atomic mass is 10.3. The number of nitrogens with zero attached hydrogens (tertiary/aromatic N) is 1. The summed E-state index contributed by atoms with van der Waals surface area (Å²) in [7, 11) is 4.47. The largest absolute Gasteiger partial charge is 0.561 e. The summed E-state index contributed by atoms with van der Waals surface area (Å²) < 4.78 is 17.7. The molecule has 0 aliphatic heterocycles. The van der Waals surface area contributed by atoms with Crippen LogP contribution in [0.15, 0.2) is 25.3 Å². The number of quaternary nitrogens is 1. The minimum Gasteiger partial charge on any atom is -0.373 e. The van der Waals surface area contributed by atoms with Crippen molar-refractivity contribution in [3.63, 3.8) is 0 Å². The molecule has 0 amide bonds. The lowest BCUT2D eigenvalue weighted by molar-refractivity contribution is -0.914. The first-order chi connectivity index (χ1) is 8.50. The summed E-state index contributed by atoms with van der Waals surface area (Å²) in [6, 6.07) is 0. The number of rotatable bonds is 10. The molecule has 18 heavy (non-hydrogen) atoms. The molecule has 0 aromatic rings. The molecule has 0 heterocycles. The molecule has 0 N–H and O–H groups in total. The minimum atomic E-state index is -2.68. The maximum absolute atomic E-state index is 5.64. The maximum atomic E-state index is 5.64. The molecule has 0 spiro atoms. The van der Waals surface area contributed by atoms with E-state index in [0.717, 1.165) is 24.0 Å². The first-order valence-electron chi connectivity index (χ1n) is 6.21. The van der Waals surface area contributed by atoms with Gasteiger partial charge in [0.05, 0.1) is 20.1 Å². The Bertz CT molecular complexity index is 249. The Balaban J connectivity index is 5.45. The highest BCUT2D eigenvalue weighted by atomic mass is 28.4. The van der Waals surface area contributed by atoms with Gasteiger partial charge in [-0.3, -0.25) is 0 Å². The molecule has 0 aromatic heterocycles. The summed E-state index contributed by atoms with van der Waals surface area (Å²) in [6.07, 6.45) is 4.76. The van der Waals surface area contributed by atoms with E-state index < -0.39 is 8.80 Å². The van der Waals surface area contributed by atoms with Crippen LogP contribution in [-0.2, 0) is 13.3 Å². The summed E-state index contributed by atoms with van der Waals surface area (Å²) in [5.74, 6) is 0. The van der Waals surface area contributed by atoms with E-state index >= 15 is 0 Å². The van der Waals surface area contributed by atoms with Crippen LogP contribution in [0.5, 0.6) is 0 Å². The summed E-state index contributed by atoms with van der Waals surface area (Å²) in [4.78, 5) is 0. The SMILES string of the molecule is C=CC[N+](C)(CC=C)C(CC)[Si](OC)(OC)OC. The summed E-state index contributed by atoms with van der Waals surface area (Å²) >= 11 is 0. The number of hydrogen-bond donors (Lipinski definition) is 0. The first kappa shape index (κ1) is 17.5. The van der Waals surface area contributed by atoms with Crippen LogP contribution >= 0.6 is 0 Å². The van der Waals surface area contributed by atoms with Crippen molar-refractivity contribution < 1.29 is 17.8 Å². The van der Waals surface area contributed by atoms with Crippen molar-refractivity contribution in [3.05, 3.63) is 25.3 Å². The van der Waals surface area contributed by atoms with E-state index in [9.17, 15) is 0 Å². The van der Waals surface area contributed by atoms with Gasteiger partial charge in [-0.15, -0.1) is 0 Å². The average Bonchev–Trinajstić information content (AvgIpc) is 2.36. The van der Waals surface area contributed by atoms with Crippen LogP contribution in [0.2, 0.25) is 0 Å². The smallest absolute Gasteiger partial charge is 0.373 e. The molecule has 0 rings (SSSR count). The van der Waals surface area contributed by atoms with Crippen molar-refractivity contribution in [3.8, 4) is 0 Å². The molecule has 0 bridgehead atoms. The van der Waals surface area contributed by atoms with Gasteiger partial charge in [0.2, 0.25) is 0 Å². The molecule has 5 heteroatoms. The standard InChI is InChI=1S/C13H28NO3Si/c1-8-11-14(4,12-9-2)13(10-3)18(15-5,16-6)17-7/h8-9,13H,1-2,10-12H2,3-7H3/q+1. The molecule has 0 saturated carbocycles. The zero-order chi connectivity index (χ0) is 14.2. The molecule has 1 unspecified atom stereocenters. The van der Waals surface area contributed by atoms with Gasteiger partial charge < -0.3 is 17.8 Å². The Kier molecular flexibility index (Phi) is 7.66. The van der Waals surface area contributed by atoms with E-state index in [1.807, 2.05) is 12.2 Å². The van der Waals surface area contributed by atoms with Crippen LogP contribution in [0.1, 0.15) is 13.3 Å². The van der Waals surface area contributed by atoms with Gasteiger partial charge in [-0.1, -0.05) is 20.1 Å². The highest BCUT2D eigenvalue weighted by Crippen LogP contribution is 2.26. The highest BCUT2D eigenvalue weighted by molar-refractivity contribution is 6.62. The third-order valence-corrected chi connectivity index (χ3v) is 7.05. The molecule has 1 atom stereocenters. The van der Waals surface area contributed by atoms with Gasteiger partial charge in [0.25, 0.3) is 0 Å². The van der Waals surface area contributed by atoms with Gasteiger partial charge in [-0.2, -0.15) is 0 Å². The van der Waals surface area contributed by atoms with Gasteiger partial charge in [-0.25, -0.2) is 0 Å². The Labute approximate surface area is 113 Å². The molecule has 0 saturated heterocycles. The fraction of sp³-hybridized carbons (Fsp3) is 0.692. The third kappa shape index (κ3) is 3.52. The zero-order valence-corrected chi connectivity index (χ0v) is 13.4. The fourth-order valence-electron chi connectivity index (χ4n) is 2.65. The normalized spacial score (nSPS) is 14.3. The summed E-state index contributed by atoms with van der Waals surface area (Å²) in [6.45, 7) is 11.5. The number of hydrogen-bond acceptors (Lipinski definition) is 3. The van der Waals surface area contributed by atoms with Crippen LogP contribution in [0.25, 0.3) is 0 Å². The zero-order valence-electron chi connectivity index (χ0n) is 12.4. The van der Waals surface area contributed by atoms with Gasteiger partial charge in [0.15, 0.2) is 5.67 Å². The molecular formula is C13H28NO3Si+. The molecule has 0 aromatic carbocycles. The summed E-state index contributed by atoms with van der Waals surface area (Å²) in [5.41, 5.74) is 0.161. The van der Waals surface area contributed by atoms with Crippen LogP contribution in [0.3, 0.4) is 0 Å². The monoisotopic (exact) mass is 274 g/mol. The van der Waals surface area contributed by atoms with E-state index in [0.29, 0.717) is 0 Å². The Morgan fingerprint density at radius 2 is 1.44 bits per heavy atom. The Hall–Kier alpha value is -0.463. The molecular weight excluding hydrogens is 246 g/mol. The number of likely N-dealkylation sites (N-methyl/N-ethyl adjacent to an activating group) is 1. The van der Waals surface area contributed by atoms with Crippen LogP contribution in [0, 0.1) is 0 Å². The average molecular weight is 274 g/mol. The molecule has 0 aliphatic rings. The van der Waals surface area contributed by atoms with Crippen molar-refractivity contribution in [2.24, 2.45) is 0 Å². The van der Waals surface area contributed by atoms with E-state index in [1.165, 1.54) is 0 Å². The van der Waals surface area contributed by atoms with E-state index in [4.69, 9.17) is 13.3 Å². The van der Waals surface area contributed by atoms with Crippen molar-refractivity contribution in [2.45, 2.75) is 19.0 Å². The third-order valence-electron chi connectivity index (χ3n) is 3.49. The molecule has 0 fully saturated rings. The van der Waals surface area contributed by atoms with Crippen LogP contribution in [-0.4, -0.2) is 60.4 Å². The van der Waals surface area contributed by atoms with Crippen molar-refractivity contribution in [2.75, 3.05) is 41.5 Å². The van der Waals surface area contributed by atoms with Crippen LogP contribution in [0.4, 0.5) is 0 Å². The van der Waals surface area contributed by atoms with E-state index in [-0.39, 0.29) is 5.67 Å². The topological polar surface area (TPSA) is 27.7 Å². The second kappa shape index (κ2) is 7.86. The second-order valence-electron chi connectivity index (χ2n) is 4.56. The predicted molar refractivity (Wildman–Crippen MR) is 77.2 cm³/mol. The van der Waals surface area contributed by atoms with Gasteiger partial charge >= 0.3 is 8.80 Å². The van der Waals surface area contributed by atoms with Gasteiger partial charge in [0, 0.05) is 27.8 Å². The van der Waals surface area contributed by atoms with Crippen molar-refractivity contribution in [1.29, 1.82) is 0 Å².